The van der Waals surface area contributed by atoms with Crippen LogP contribution in [0.1, 0.15) is 31.1 Å². The smallest absolute Gasteiger partial charge is 0.748 e. The first-order valence-corrected chi connectivity index (χ1v) is 11.0. The fourth-order valence-electron chi connectivity index (χ4n) is 3.51. The number of amides is 1. The third kappa shape index (κ3) is 4.90. The Morgan fingerprint density at radius 2 is 1.34 bits per heavy atom. The van der Waals surface area contributed by atoms with Crippen molar-refractivity contribution in [3.05, 3.63) is 83.4 Å². The van der Waals surface area contributed by atoms with Crippen molar-refractivity contribution in [1.82, 2.24) is 5.32 Å². The van der Waals surface area contributed by atoms with E-state index in [1.54, 1.807) is 48.5 Å². The van der Waals surface area contributed by atoms with E-state index >= 15 is 0 Å². The minimum absolute atomic E-state index is 0. The summed E-state index contributed by atoms with van der Waals surface area (Å²) < 4.78 is 31.8. The van der Waals surface area contributed by atoms with Crippen LogP contribution >= 0.6 is 0 Å². The summed E-state index contributed by atoms with van der Waals surface area (Å²) in [5, 5.41) is 2.38. The summed E-state index contributed by atoms with van der Waals surface area (Å²) in [6.45, 7) is -0.269. The molecule has 3 aromatic rings. The predicted octanol–water partition coefficient (Wildman–Crippen LogP) is -0.321. The maximum atomic E-state index is 12.6. The van der Waals surface area contributed by atoms with E-state index in [2.05, 4.69) is 5.32 Å². The molecule has 1 aliphatic rings. The summed E-state index contributed by atoms with van der Waals surface area (Å²) in [4.78, 5) is 37.1. The number of fused-ring (bicyclic) bond motifs is 3. The van der Waals surface area contributed by atoms with E-state index in [4.69, 9.17) is 0 Å². The zero-order chi connectivity index (χ0) is 22.2. The Morgan fingerprint density at radius 3 is 2.00 bits per heavy atom. The van der Waals surface area contributed by atoms with Gasteiger partial charge in [-0.3, -0.25) is 14.4 Å². The van der Waals surface area contributed by atoms with E-state index in [1.165, 1.54) is 0 Å². The Bertz CT molecular complexity index is 1330. The number of nitrogens with one attached hydrogen (secondary N) is 1. The Kier molecular flexibility index (Phi) is 7.12. The fourth-order valence-corrected chi connectivity index (χ4v) is 3.86. The molecule has 0 atom stereocenters. The van der Waals surface area contributed by atoms with Gasteiger partial charge in [0, 0.05) is 23.2 Å². The summed E-state index contributed by atoms with van der Waals surface area (Å²) in [7, 11) is -4.40. The molecule has 0 fully saturated rings. The van der Waals surface area contributed by atoms with Gasteiger partial charge in [0.15, 0.2) is 0 Å². The van der Waals surface area contributed by atoms with E-state index in [0.29, 0.717) is 27.8 Å². The number of ketones is 2. The standard InChI is InChI=1S/C23H17NO6S.Na/c25-21-19-4-2-1-3-17(19)18-10-9-16(13-20(18)22(21)26)14-5-7-15(8-6-14)23(27)24-11-12-31(28,29)30;/h1-10,13H,11-12H2,(H,24,27)(H,28,29,30);/q;+1/p-1. The molecule has 0 spiro atoms. The molecular weight excluding hydrogens is 441 g/mol. The molecule has 0 saturated heterocycles. The van der Waals surface area contributed by atoms with Crippen LogP contribution < -0.4 is 34.9 Å². The molecule has 3 aromatic carbocycles. The van der Waals surface area contributed by atoms with Gasteiger partial charge in [-0.15, -0.1) is 0 Å². The molecule has 156 valence electrons. The van der Waals surface area contributed by atoms with Gasteiger partial charge in [-0.25, -0.2) is 8.42 Å². The summed E-state index contributed by atoms with van der Waals surface area (Å²) in [5.74, 6) is -2.27. The molecule has 0 heterocycles. The van der Waals surface area contributed by atoms with Gasteiger partial charge in [-0.2, -0.15) is 0 Å². The van der Waals surface area contributed by atoms with Crippen LogP contribution in [-0.2, 0) is 10.1 Å². The number of rotatable bonds is 5. The molecule has 0 aliphatic heterocycles. The number of Topliss-reactive ketones (excluding diaryl/α,β-unsaturated/α-hetero) is 2. The molecule has 0 saturated carbocycles. The van der Waals surface area contributed by atoms with E-state index in [1.807, 2.05) is 18.2 Å². The molecule has 0 aromatic heterocycles. The molecule has 1 aliphatic carbocycles. The molecule has 9 heteroatoms. The van der Waals surface area contributed by atoms with Crippen molar-refractivity contribution in [2.75, 3.05) is 12.3 Å². The average molecular weight is 457 g/mol. The fraction of sp³-hybridized carbons (Fsp3) is 0.0870. The van der Waals surface area contributed by atoms with Crippen molar-refractivity contribution in [3.8, 4) is 22.3 Å². The van der Waals surface area contributed by atoms with Gasteiger partial charge in [0.05, 0.1) is 15.9 Å². The largest absolute Gasteiger partial charge is 1.00 e. The minimum Gasteiger partial charge on any atom is -0.748 e. The Labute approximate surface area is 206 Å². The van der Waals surface area contributed by atoms with Gasteiger partial charge >= 0.3 is 29.6 Å². The summed E-state index contributed by atoms with van der Waals surface area (Å²) in [6.07, 6.45) is 0. The van der Waals surface area contributed by atoms with Gasteiger partial charge in [-0.05, 0) is 40.5 Å². The Morgan fingerprint density at radius 1 is 0.781 bits per heavy atom. The van der Waals surface area contributed by atoms with Gasteiger partial charge in [0.2, 0.25) is 11.6 Å². The first-order valence-electron chi connectivity index (χ1n) is 9.39. The van der Waals surface area contributed by atoms with Crippen LogP contribution in [0, 0.1) is 0 Å². The van der Waals surface area contributed by atoms with Crippen LogP contribution in [0.4, 0.5) is 0 Å². The van der Waals surface area contributed by atoms with Crippen LogP contribution in [-0.4, -0.2) is 42.7 Å². The van der Waals surface area contributed by atoms with Gasteiger partial charge in [0.1, 0.15) is 0 Å². The second-order valence-electron chi connectivity index (χ2n) is 7.06. The quantitative estimate of drug-likeness (QED) is 0.319. The number of benzene rings is 3. The van der Waals surface area contributed by atoms with E-state index in [0.717, 1.165) is 11.1 Å². The van der Waals surface area contributed by atoms with Crippen LogP contribution in [0.3, 0.4) is 0 Å². The number of hydrogen-bond acceptors (Lipinski definition) is 6. The molecule has 0 bridgehead atoms. The zero-order valence-corrected chi connectivity index (χ0v) is 19.9. The van der Waals surface area contributed by atoms with Crippen molar-refractivity contribution in [2.45, 2.75) is 0 Å². The molecular formula is C23H16NNaO6S. The van der Waals surface area contributed by atoms with Crippen molar-refractivity contribution < 1.29 is 56.9 Å². The molecule has 0 unspecified atom stereocenters. The molecule has 1 N–H and O–H groups in total. The first-order chi connectivity index (χ1) is 14.7. The molecule has 1 amide bonds. The number of carbonyl (C=O) groups excluding carboxylic acids is 3. The SMILES string of the molecule is O=C(NCCS(=O)(=O)[O-])c1ccc(-c2ccc3c(c2)C(=O)C(=O)c2ccccc2-3)cc1.[Na+]. The number of carbonyl (C=O) groups is 3. The van der Waals surface area contributed by atoms with Gasteiger partial charge in [0.25, 0.3) is 5.91 Å². The van der Waals surface area contributed by atoms with Crippen LogP contribution in [0.5, 0.6) is 0 Å². The minimum atomic E-state index is -4.40. The average Bonchev–Trinajstić information content (AvgIpc) is 2.76. The van der Waals surface area contributed by atoms with Crippen molar-refractivity contribution in [2.24, 2.45) is 0 Å². The zero-order valence-electron chi connectivity index (χ0n) is 17.1. The monoisotopic (exact) mass is 457 g/mol. The maximum absolute atomic E-state index is 12.6. The third-order valence-corrected chi connectivity index (χ3v) is 5.75. The van der Waals surface area contributed by atoms with Gasteiger partial charge < -0.3 is 9.87 Å². The second kappa shape index (κ2) is 9.48. The van der Waals surface area contributed by atoms with Crippen molar-refractivity contribution in [1.29, 1.82) is 0 Å². The maximum Gasteiger partial charge on any atom is 1.00 e. The predicted molar refractivity (Wildman–Crippen MR) is 113 cm³/mol. The summed E-state index contributed by atoms with van der Waals surface area (Å²) in [6, 6.07) is 18.8. The summed E-state index contributed by atoms with van der Waals surface area (Å²) in [5.41, 5.74) is 3.90. The Balaban J connectivity index is 0.00000289. The normalized spacial score (nSPS) is 12.4. The Hall–Kier alpha value is -2.62. The van der Waals surface area contributed by atoms with Crippen LogP contribution in [0.2, 0.25) is 0 Å². The van der Waals surface area contributed by atoms with Gasteiger partial charge in [-0.1, -0.05) is 48.5 Å². The molecule has 32 heavy (non-hydrogen) atoms. The first kappa shape index (κ1) is 24.0. The van der Waals surface area contributed by atoms with E-state index in [9.17, 15) is 27.4 Å². The topological polar surface area (TPSA) is 120 Å². The van der Waals surface area contributed by atoms with Crippen LogP contribution in [0.15, 0.2) is 66.7 Å². The van der Waals surface area contributed by atoms with E-state index < -0.39 is 33.3 Å². The third-order valence-electron chi connectivity index (χ3n) is 5.05. The van der Waals surface area contributed by atoms with Crippen molar-refractivity contribution >= 4 is 27.6 Å². The summed E-state index contributed by atoms with van der Waals surface area (Å²) >= 11 is 0. The van der Waals surface area contributed by atoms with E-state index in [-0.39, 0.29) is 36.1 Å². The second-order valence-corrected chi connectivity index (χ2v) is 8.58. The van der Waals surface area contributed by atoms with Crippen LogP contribution in [0.25, 0.3) is 22.3 Å². The van der Waals surface area contributed by atoms with Crippen molar-refractivity contribution in [3.63, 3.8) is 0 Å². The molecule has 0 radical (unpaired) electrons. The molecule has 4 rings (SSSR count). The molecule has 7 nitrogen and oxygen atoms in total. The number of hydrogen-bond donors (Lipinski definition) is 1.